The number of amides is 1. The Morgan fingerprint density at radius 1 is 1.31 bits per heavy atom. The Balaban J connectivity index is 1.93. The third-order valence-corrected chi connectivity index (χ3v) is 3.37. The fourth-order valence-corrected chi connectivity index (χ4v) is 2.01. The first-order valence-electron chi connectivity index (χ1n) is 5.97. The van der Waals surface area contributed by atoms with Gasteiger partial charge < -0.3 is 4.90 Å². The Bertz CT molecular complexity index is 365. The van der Waals surface area contributed by atoms with Gasteiger partial charge in [-0.2, -0.15) is 0 Å². The lowest BCUT2D eigenvalue weighted by molar-refractivity contribution is -0.137. The maximum absolute atomic E-state index is 11.9. The van der Waals surface area contributed by atoms with Crippen LogP contribution in [0.2, 0.25) is 0 Å². The molecule has 0 aromatic heterocycles. The SMILES string of the molecule is Cc1ccc(CN(C)C(=O)C2CCC2)cc1. The maximum atomic E-state index is 11.9. The second kappa shape index (κ2) is 4.69. The topological polar surface area (TPSA) is 20.3 Å². The van der Waals surface area contributed by atoms with E-state index >= 15 is 0 Å². The largest absolute Gasteiger partial charge is 0.341 e. The van der Waals surface area contributed by atoms with Gasteiger partial charge in [0, 0.05) is 19.5 Å². The van der Waals surface area contributed by atoms with Gasteiger partial charge in [-0.25, -0.2) is 0 Å². The molecule has 0 radical (unpaired) electrons. The predicted octanol–water partition coefficient (Wildman–Crippen LogP) is 2.75. The Labute approximate surface area is 97.3 Å². The maximum Gasteiger partial charge on any atom is 0.225 e. The average molecular weight is 217 g/mol. The zero-order valence-corrected chi connectivity index (χ0v) is 10.1. The van der Waals surface area contributed by atoms with Gasteiger partial charge in [-0.05, 0) is 25.3 Å². The molecule has 16 heavy (non-hydrogen) atoms. The number of hydrogen-bond acceptors (Lipinski definition) is 1. The molecule has 0 heterocycles. The molecule has 2 nitrogen and oxygen atoms in total. The van der Waals surface area contributed by atoms with Gasteiger partial charge >= 0.3 is 0 Å². The molecule has 0 N–H and O–H groups in total. The van der Waals surface area contributed by atoms with Crippen molar-refractivity contribution in [1.29, 1.82) is 0 Å². The summed E-state index contributed by atoms with van der Waals surface area (Å²) in [5.41, 5.74) is 2.47. The van der Waals surface area contributed by atoms with Crippen LogP contribution in [0.3, 0.4) is 0 Å². The third-order valence-electron chi connectivity index (χ3n) is 3.37. The van der Waals surface area contributed by atoms with Crippen molar-refractivity contribution in [3.8, 4) is 0 Å². The molecular weight excluding hydrogens is 198 g/mol. The summed E-state index contributed by atoms with van der Waals surface area (Å²) in [6, 6.07) is 8.38. The van der Waals surface area contributed by atoms with Crippen LogP contribution in [0.5, 0.6) is 0 Å². The van der Waals surface area contributed by atoms with Crippen LogP contribution in [0.1, 0.15) is 30.4 Å². The third kappa shape index (κ3) is 2.43. The second-order valence-corrected chi connectivity index (χ2v) is 4.81. The molecule has 0 saturated heterocycles. The Hall–Kier alpha value is -1.31. The first-order chi connectivity index (χ1) is 7.66. The van der Waals surface area contributed by atoms with Crippen molar-refractivity contribution in [1.82, 2.24) is 4.90 Å². The molecule has 0 spiro atoms. The van der Waals surface area contributed by atoms with Gasteiger partial charge in [-0.15, -0.1) is 0 Å². The van der Waals surface area contributed by atoms with E-state index in [1.165, 1.54) is 17.5 Å². The summed E-state index contributed by atoms with van der Waals surface area (Å²) >= 11 is 0. The summed E-state index contributed by atoms with van der Waals surface area (Å²) < 4.78 is 0. The van der Waals surface area contributed by atoms with Crippen LogP contribution in [-0.4, -0.2) is 17.9 Å². The molecule has 1 aliphatic rings. The highest BCUT2D eigenvalue weighted by Gasteiger charge is 2.27. The van der Waals surface area contributed by atoms with Crippen LogP contribution in [0.4, 0.5) is 0 Å². The average Bonchev–Trinajstić information content (AvgIpc) is 2.19. The van der Waals surface area contributed by atoms with Crippen LogP contribution in [0, 0.1) is 12.8 Å². The highest BCUT2D eigenvalue weighted by Crippen LogP contribution is 2.28. The summed E-state index contributed by atoms with van der Waals surface area (Å²) in [5, 5.41) is 0. The minimum Gasteiger partial charge on any atom is -0.341 e. The van der Waals surface area contributed by atoms with E-state index in [4.69, 9.17) is 0 Å². The zero-order valence-electron chi connectivity index (χ0n) is 10.1. The van der Waals surface area contributed by atoms with Crippen LogP contribution in [0.15, 0.2) is 24.3 Å². The van der Waals surface area contributed by atoms with E-state index in [0.29, 0.717) is 11.8 Å². The van der Waals surface area contributed by atoms with E-state index in [1.54, 1.807) is 0 Å². The normalized spacial score (nSPS) is 15.6. The number of benzene rings is 1. The molecule has 0 atom stereocenters. The summed E-state index contributed by atoms with van der Waals surface area (Å²) in [5.74, 6) is 0.613. The van der Waals surface area contributed by atoms with E-state index in [-0.39, 0.29) is 0 Å². The van der Waals surface area contributed by atoms with Crippen molar-refractivity contribution in [2.24, 2.45) is 5.92 Å². The Morgan fingerprint density at radius 3 is 2.44 bits per heavy atom. The molecule has 1 aliphatic carbocycles. The van der Waals surface area contributed by atoms with Gasteiger partial charge in [0.2, 0.25) is 5.91 Å². The van der Waals surface area contributed by atoms with E-state index in [2.05, 4.69) is 31.2 Å². The molecule has 1 fully saturated rings. The fourth-order valence-electron chi connectivity index (χ4n) is 2.01. The summed E-state index contributed by atoms with van der Waals surface area (Å²) in [6.07, 6.45) is 3.38. The molecule has 0 aliphatic heterocycles. The van der Waals surface area contributed by atoms with Crippen LogP contribution in [-0.2, 0) is 11.3 Å². The first kappa shape index (κ1) is 11.2. The van der Waals surface area contributed by atoms with Crippen molar-refractivity contribution >= 4 is 5.91 Å². The summed E-state index contributed by atoms with van der Waals surface area (Å²) in [6.45, 7) is 2.81. The van der Waals surface area contributed by atoms with Crippen molar-refractivity contribution in [2.75, 3.05) is 7.05 Å². The first-order valence-corrected chi connectivity index (χ1v) is 5.97. The predicted molar refractivity (Wildman–Crippen MR) is 65.0 cm³/mol. The zero-order chi connectivity index (χ0) is 11.5. The molecule has 1 amide bonds. The highest BCUT2D eigenvalue weighted by atomic mass is 16.2. The fraction of sp³-hybridized carbons (Fsp3) is 0.500. The highest BCUT2D eigenvalue weighted by molar-refractivity contribution is 5.79. The molecule has 1 aromatic carbocycles. The number of rotatable bonds is 3. The molecule has 2 heteroatoms. The Morgan fingerprint density at radius 2 is 1.94 bits per heavy atom. The molecule has 0 unspecified atom stereocenters. The van der Waals surface area contributed by atoms with Gasteiger partial charge in [0.15, 0.2) is 0 Å². The second-order valence-electron chi connectivity index (χ2n) is 4.81. The van der Waals surface area contributed by atoms with Crippen LogP contribution < -0.4 is 0 Å². The van der Waals surface area contributed by atoms with Crippen LogP contribution in [0.25, 0.3) is 0 Å². The van der Waals surface area contributed by atoms with E-state index in [0.717, 1.165) is 19.4 Å². The smallest absolute Gasteiger partial charge is 0.225 e. The molecule has 2 rings (SSSR count). The lowest BCUT2D eigenvalue weighted by Gasteiger charge is -2.29. The molecule has 0 bridgehead atoms. The summed E-state index contributed by atoms with van der Waals surface area (Å²) in [7, 11) is 1.90. The quantitative estimate of drug-likeness (QED) is 0.762. The molecule has 1 saturated carbocycles. The lowest BCUT2D eigenvalue weighted by Crippen LogP contribution is -2.35. The molecule has 1 aromatic rings. The summed E-state index contributed by atoms with van der Waals surface area (Å²) in [4.78, 5) is 13.8. The van der Waals surface area contributed by atoms with Gasteiger partial charge in [0.25, 0.3) is 0 Å². The number of nitrogens with zero attached hydrogens (tertiary/aromatic N) is 1. The van der Waals surface area contributed by atoms with Crippen molar-refractivity contribution in [2.45, 2.75) is 32.7 Å². The lowest BCUT2D eigenvalue weighted by atomic mass is 9.84. The van der Waals surface area contributed by atoms with Gasteiger partial charge in [0.05, 0.1) is 0 Å². The minimum absolute atomic E-state index is 0.301. The van der Waals surface area contributed by atoms with E-state index in [9.17, 15) is 4.79 Å². The van der Waals surface area contributed by atoms with E-state index in [1.807, 2.05) is 11.9 Å². The number of carbonyl (C=O) groups excluding carboxylic acids is 1. The molecule has 86 valence electrons. The number of hydrogen-bond donors (Lipinski definition) is 0. The van der Waals surface area contributed by atoms with Crippen LogP contribution >= 0.6 is 0 Å². The number of carbonyl (C=O) groups is 1. The number of aryl methyl sites for hydroxylation is 1. The Kier molecular flexibility index (Phi) is 3.28. The van der Waals surface area contributed by atoms with Gasteiger partial charge in [0.1, 0.15) is 0 Å². The monoisotopic (exact) mass is 217 g/mol. The van der Waals surface area contributed by atoms with Crippen molar-refractivity contribution in [3.63, 3.8) is 0 Å². The van der Waals surface area contributed by atoms with E-state index < -0.39 is 0 Å². The van der Waals surface area contributed by atoms with Crippen molar-refractivity contribution < 1.29 is 4.79 Å². The molecular formula is C14H19NO. The standard InChI is InChI=1S/C14H19NO/c1-11-6-8-12(9-7-11)10-15(2)14(16)13-4-3-5-13/h6-9,13H,3-5,10H2,1-2H3. The van der Waals surface area contributed by atoms with Crippen molar-refractivity contribution in [3.05, 3.63) is 35.4 Å². The minimum atomic E-state index is 0.301. The van der Waals surface area contributed by atoms with Gasteiger partial charge in [-0.1, -0.05) is 36.2 Å². The van der Waals surface area contributed by atoms with Gasteiger partial charge in [-0.3, -0.25) is 4.79 Å².